The van der Waals surface area contributed by atoms with Crippen molar-refractivity contribution in [1.29, 1.82) is 0 Å². The van der Waals surface area contributed by atoms with E-state index in [-0.39, 0.29) is 18.6 Å². The molecule has 3 aliphatic heterocycles. The SMILES string of the molecule is O=C(O)CCN1CCN(CC2CN(CCCN3CCN(c4noc(=O)[nH]4)CC3)C(=O)O2)CC1. The second kappa shape index (κ2) is 11.0. The topological polar surface area (TPSA) is 139 Å². The first kappa shape index (κ1) is 23.5. The largest absolute Gasteiger partial charge is 0.481 e. The van der Waals surface area contributed by atoms with Gasteiger partial charge in [0.05, 0.1) is 13.0 Å². The van der Waals surface area contributed by atoms with Crippen LogP contribution >= 0.6 is 0 Å². The van der Waals surface area contributed by atoms with E-state index in [2.05, 4.69) is 29.4 Å². The molecule has 3 fully saturated rings. The van der Waals surface area contributed by atoms with E-state index in [1.54, 1.807) is 4.90 Å². The number of nitrogens with one attached hydrogen (secondary N) is 1. The summed E-state index contributed by atoms with van der Waals surface area (Å²) >= 11 is 0. The zero-order valence-electron chi connectivity index (χ0n) is 18.9. The minimum absolute atomic E-state index is 0.115. The van der Waals surface area contributed by atoms with Crippen LogP contribution in [-0.4, -0.2) is 138 Å². The Balaban J connectivity index is 1.10. The highest BCUT2D eigenvalue weighted by Gasteiger charge is 2.33. The van der Waals surface area contributed by atoms with E-state index >= 15 is 0 Å². The predicted molar refractivity (Wildman–Crippen MR) is 117 cm³/mol. The maximum Gasteiger partial charge on any atom is 0.440 e. The molecule has 0 bridgehead atoms. The van der Waals surface area contributed by atoms with Gasteiger partial charge >= 0.3 is 17.8 Å². The zero-order chi connectivity index (χ0) is 23.2. The van der Waals surface area contributed by atoms with E-state index in [1.165, 1.54) is 0 Å². The number of carboxylic acid groups (broad SMARTS) is 1. The number of carbonyl (C=O) groups is 2. The Kier molecular flexibility index (Phi) is 7.83. The highest BCUT2D eigenvalue weighted by Crippen LogP contribution is 2.15. The Bertz CT molecular complexity index is 844. The van der Waals surface area contributed by atoms with Gasteiger partial charge in [-0.05, 0) is 18.1 Å². The molecule has 184 valence electrons. The summed E-state index contributed by atoms with van der Waals surface area (Å²) in [6.45, 7) is 10.2. The number of aromatic nitrogens is 2. The second-order valence-electron chi connectivity index (χ2n) is 8.84. The summed E-state index contributed by atoms with van der Waals surface area (Å²) < 4.78 is 10.1. The highest BCUT2D eigenvalue weighted by molar-refractivity contribution is 5.69. The van der Waals surface area contributed by atoms with Crippen molar-refractivity contribution in [2.45, 2.75) is 18.9 Å². The monoisotopic (exact) mass is 467 g/mol. The van der Waals surface area contributed by atoms with Crippen LogP contribution in [0.2, 0.25) is 0 Å². The molecule has 33 heavy (non-hydrogen) atoms. The molecule has 4 heterocycles. The van der Waals surface area contributed by atoms with Crippen LogP contribution in [0.1, 0.15) is 12.8 Å². The maximum absolute atomic E-state index is 12.3. The lowest BCUT2D eigenvalue weighted by molar-refractivity contribution is -0.137. The Labute approximate surface area is 191 Å². The molecule has 3 aliphatic rings. The van der Waals surface area contributed by atoms with Crippen molar-refractivity contribution in [3.63, 3.8) is 0 Å². The van der Waals surface area contributed by atoms with Gasteiger partial charge in [-0.25, -0.2) is 9.59 Å². The van der Waals surface area contributed by atoms with Crippen molar-refractivity contribution in [2.75, 3.05) is 90.0 Å². The molecule has 1 amide bonds. The zero-order valence-corrected chi connectivity index (χ0v) is 18.9. The number of nitrogens with zero attached hydrogens (tertiary/aromatic N) is 6. The van der Waals surface area contributed by atoms with Gasteiger partial charge in [-0.15, -0.1) is 0 Å². The number of rotatable bonds is 10. The lowest BCUT2D eigenvalue weighted by Crippen LogP contribution is -2.49. The van der Waals surface area contributed by atoms with E-state index < -0.39 is 11.7 Å². The third kappa shape index (κ3) is 6.68. The van der Waals surface area contributed by atoms with Crippen LogP contribution in [0.4, 0.5) is 10.7 Å². The minimum atomic E-state index is -0.762. The second-order valence-corrected chi connectivity index (χ2v) is 8.84. The van der Waals surface area contributed by atoms with Gasteiger partial charge in [-0.3, -0.25) is 24.1 Å². The smallest absolute Gasteiger partial charge is 0.440 e. The summed E-state index contributed by atoms with van der Waals surface area (Å²) in [5, 5.41) is 12.5. The molecule has 0 radical (unpaired) electrons. The normalized spacial score (nSPS) is 23.3. The van der Waals surface area contributed by atoms with E-state index in [1.807, 2.05) is 4.90 Å². The summed E-state index contributed by atoms with van der Waals surface area (Å²) in [7, 11) is 0. The fourth-order valence-electron chi connectivity index (χ4n) is 4.62. The minimum Gasteiger partial charge on any atom is -0.481 e. The number of carbonyl (C=O) groups excluding carboxylic acids is 1. The van der Waals surface area contributed by atoms with Crippen molar-refractivity contribution in [1.82, 2.24) is 29.7 Å². The lowest BCUT2D eigenvalue weighted by atomic mass is 10.2. The van der Waals surface area contributed by atoms with Crippen LogP contribution in [0.3, 0.4) is 0 Å². The number of hydrogen-bond donors (Lipinski definition) is 2. The first-order valence-electron chi connectivity index (χ1n) is 11.6. The molecule has 13 nitrogen and oxygen atoms in total. The Morgan fingerprint density at radius 3 is 2.30 bits per heavy atom. The molecular weight excluding hydrogens is 434 g/mol. The third-order valence-corrected chi connectivity index (χ3v) is 6.52. The number of hydrogen-bond acceptors (Lipinski definition) is 10. The first-order chi connectivity index (χ1) is 16.0. The van der Waals surface area contributed by atoms with Crippen LogP contribution in [0.25, 0.3) is 0 Å². The summed E-state index contributed by atoms with van der Waals surface area (Å²) in [6.07, 6.45) is 0.703. The predicted octanol–water partition coefficient (Wildman–Crippen LogP) is -1.21. The molecule has 1 atom stereocenters. The van der Waals surface area contributed by atoms with Crippen LogP contribution < -0.4 is 10.7 Å². The quantitative estimate of drug-likeness (QED) is 0.428. The number of amides is 1. The van der Waals surface area contributed by atoms with Crippen molar-refractivity contribution in [3.05, 3.63) is 10.6 Å². The van der Waals surface area contributed by atoms with Crippen LogP contribution in [-0.2, 0) is 9.53 Å². The van der Waals surface area contributed by atoms with Gasteiger partial charge in [-0.2, -0.15) is 0 Å². The average molecular weight is 468 g/mol. The fourth-order valence-corrected chi connectivity index (χ4v) is 4.62. The van der Waals surface area contributed by atoms with Gasteiger partial charge in [0.15, 0.2) is 0 Å². The number of cyclic esters (lactones) is 1. The first-order valence-corrected chi connectivity index (χ1v) is 11.6. The van der Waals surface area contributed by atoms with Gasteiger partial charge in [0.1, 0.15) is 6.10 Å². The van der Waals surface area contributed by atoms with E-state index in [0.29, 0.717) is 25.6 Å². The number of aliphatic carboxylic acids is 1. The van der Waals surface area contributed by atoms with Gasteiger partial charge in [-0.1, -0.05) is 0 Å². The summed E-state index contributed by atoms with van der Waals surface area (Å²) in [5.41, 5.74) is 0. The molecule has 0 spiro atoms. The number of aromatic amines is 1. The van der Waals surface area contributed by atoms with Gasteiger partial charge in [0, 0.05) is 72.0 Å². The number of piperazine rings is 2. The number of carboxylic acids is 1. The van der Waals surface area contributed by atoms with Crippen molar-refractivity contribution in [3.8, 4) is 0 Å². The van der Waals surface area contributed by atoms with Crippen LogP contribution in [0.15, 0.2) is 9.32 Å². The van der Waals surface area contributed by atoms with Crippen molar-refractivity contribution >= 4 is 18.0 Å². The molecule has 13 heteroatoms. The van der Waals surface area contributed by atoms with E-state index in [4.69, 9.17) is 9.84 Å². The molecule has 0 aliphatic carbocycles. The molecule has 2 N–H and O–H groups in total. The molecule has 1 aromatic heterocycles. The molecule has 1 aromatic rings. The molecule has 0 saturated carbocycles. The molecular formula is C20H33N7O6. The summed E-state index contributed by atoms with van der Waals surface area (Å²) in [5.74, 6) is -0.824. The van der Waals surface area contributed by atoms with Crippen LogP contribution in [0.5, 0.6) is 0 Å². The van der Waals surface area contributed by atoms with Crippen LogP contribution in [0, 0.1) is 0 Å². The van der Waals surface area contributed by atoms with E-state index in [9.17, 15) is 14.4 Å². The maximum atomic E-state index is 12.3. The number of anilines is 1. The van der Waals surface area contributed by atoms with Gasteiger partial charge < -0.3 is 24.5 Å². The number of H-pyrrole nitrogens is 1. The van der Waals surface area contributed by atoms with Crippen molar-refractivity contribution < 1.29 is 24.0 Å². The third-order valence-electron chi connectivity index (χ3n) is 6.52. The molecule has 0 aromatic carbocycles. The highest BCUT2D eigenvalue weighted by atomic mass is 16.6. The van der Waals surface area contributed by atoms with Gasteiger partial charge in [0.2, 0.25) is 5.95 Å². The summed E-state index contributed by atoms with van der Waals surface area (Å²) in [4.78, 5) is 47.3. The van der Waals surface area contributed by atoms with E-state index in [0.717, 1.165) is 71.9 Å². The molecule has 1 unspecified atom stereocenters. The lowest BCUT2D eigenvalue weighted by Gasteiger charge is -2.35. The average Bonchev–Trinajstić information content (AvgIpc) is 3.39. The Morgan fingerprint density at radius 2 is 1.64 bits per heavy atom. The van der Waals surface area contributed by atoms with Crippen molar-refractivity contribution in [2.24, 2.45) is 0 Å². The summed E-state index contributed by atoms with van der Waals surface area (Å²) in [6, 6.07) is 0. The van der Waals surface area contributed by atoms with Gasteiger partial charge in [0.25, 0.3) is 0 Å². The Hall–Kier alpha value is -2.64. The standard InChI is InChI=1S/C20H33N7O6/c28-17(29)2-5-24-6-8-25(9-7-24)14-16-15-27(20(31)32-16)4-1-3-23-10-12-26(13-11-23)18-21-19(30)33-22-18/h16H,1-15H2,(H,28,29)(H,21,22,30). The Morgan fingerprint density at radius 1 is 0.970 bits per heavy atom. The molecule has 4 rings (SSSR count). The molecule has 3 saturated heterocycles. The fraction of sp³-hybridized carbons (Fsp3) is 0.800. The number of ether oxygens (including phenoxy) is 1.